The van der Waals surface area contributed by atoms with Crippen LogP contribution in [0.1, 0.15) is 33.2 Å². The van der Waals surface area contributed by atoms with E-state index in [9.17, 15) is 9.59 Å². The summed E-state index contributed by atoms with van der Waals surface area (Å²) in [6.07, 6.45) is 3.53. The van der Waals surface area contributed by atoms with Crippen LogP contribution in [0.25, 0.3) is 0 Å². The topological polar surface area (TPSA) is 82.8 Å². The van der Waals surface area contributed by atoms with Gasteiger partial charge in [-0.2, -0.15) is 0 Å². The number of nitrogens with one attached hydrogen (secondary N) is 1. The lowest BCUT2D eigenvalue weighted by Gasteiger charge is -2.31. The quantitative estimate of drug-likeness (QED) is 0.838. The Hall–Kier alpha value is -2.12. The van der Waals surface area contributed by atoms with E-state index in [1.165, 1.54) is 11.3 Å². The summed E-state index contributed by atoms with van der Waals surface area (Å²) in [5, 5.41) is 11.9. The van der Waals surface area contributed by atoms with Crippen LogP contribution in [0.4, 0.5) is 0 Å². The van der Waals surface area contributed by atoms with Crippen molar-refractivity contribution in [1.29, 1.82) is 0 Å². The van der Waals surface area contributed by atoms with E-state index in [2.05, 4.69) is 10.2 Å². The van der Waals surface area contributed by atoms with Gasteiger partial charge in [-0.3, -0.25) is 9.69 Å². The largest absolute Gasteiger partial charge is 0.477 e. The molecule has 2 aromatic heterocycles. The summed E-state index contributed by atoms with van der Waals surface area (Å²) < 4.78 is 5.37. The highest BCUT2D eigenvalue weighted by molar-refractivity contribution is 7.13. The minimum absolute atomic E-state index is 0.0319. The lowest BCUT2D eigenvalue weighted by molar-refractivity contribution is -0.127. The molecule has 1 amide bonds. The molecule has 3 rings (SSSR count). The summed E-state index contributed by atoms with van der Waals surface area (Å²) in [7, 11) is 0. The van der Waals surface area contributed by atoms with E-state index in [0.29, 0.717) is 11.4 Å². The number of aromatic carboxylic acids is 1. The number of rotatable bonds is 6. The number of amides is 1. The van der Waals surface area contributed by atoms with Gasteiger partial charge < -0.3 is 14.8 Å². The minimum atomic E-state index is -0.932. The van der Waals surface area contributed by atoms with E-state index in [0.717, 1.165) is 43.1 Å². The molecule has 6 nitrogen and oxygen atoms in total. The molecule has 1 saturated heterocycles. The number of piperidine rings is 1. The van der Waals surface area contributed by atoms with Crippen LogP contribution >= 0.6 is 11.3 Å². The Labute approximate surface area is 144 Å². The molecule has 7 heteroatoms. The SMILES string of the molecule is O=C(O)c1ccc(CNC(=O)[C@@H]2CCCN(Cc3ccco3)C2)s1. The monoisotopic (exact) mass is 348 g/mol. The van der Waals surface area contributed by atoms with Crippen molar-refractivity contribution in [2.24, 2.45) is 5.92 Å². The van der Waals surface area contributed by atoms with E-state index < -0.39 is 5.97 Å². The normalized spacial score (nSPS) is 18.4. The van der Waals surface area contributed by atoms with Gasteiger partial charge in [0.15, 0.2) is 0 Å². The second-order valence-electron chi connectivity index (χ2n) is 5.94. The number of carboxylic acid groups (broad SMARTS) is 1. The maximum Gasteiger partial charge on any atom is 0.345 e. The molecule has 24 heavy (non-hydrogen) atoms. The molecule has 1 atom stereocenters. The highest BCUT2D eigenvalue weighted by atomic mass is 32.1. The summed E-state index contributed by atoms with van der Waals surface area (Å²) in [5.41, 5.74) is 0. The van der Waals surface area contributed by atoms with Gasteiger partial charge in [0.05, 0.1) is 25.3 Å². The highest BCUT2D eigenvalue weighted by Gasteiger charge is 2.26. The molecule has 0 radical (unpaired) electrons. The first-order chi connectivity index (χ1) is 11.6. The Morgan fingerprint density at radius 3 is 2.96 bits per heavy atom. The molecule has 0 aliphatic carbocycles. The van der Waals surface area contributed by atoms with Gasteiger partial charge in [0.1, 0.15) is 10.6 Å². The Kier molecular flexibility index (Phi) is 5.32. The molecular weight excluding hydrogens is 328 g/mol. The third-order valence-corrected chi connectivity index (χ3v) is 5.22. The van der Waals surface area contributed by atoms with E-state index >= 15 is 0 Å². The number of thiophene rings is 1. The van der Waals surface area contributed by atoms with Gasteiger partial charge in [-0.15, -0.1) is 11.3 Å². The van der Waals surface area contributed by atoms with Gasteiger partial charge >= 0.3 is 5.97 Å². The average molecular weight is 348 g/mol. The summed E-state index contributed by atoms with van der Waals surface area (Å²) in [5.74, 6) is -0.0219. The number of nitrogens with zero attached hydrogens (tertiary/aromatic N) is 1. The first-order valence-corrected chi connectivity index (χ1v) is 8.78. The number of carbonyl (C=O) groups excluding carboxylic acids is 1. The van der Waals surface area contributed by atoms with Crippen LogP contribution in [0.5, 0.6) is 0 Å². The number of hydrogen-bond donors (Lipinski definition) is 2. The number of furan rings is 1. The first kappa shape index (κ1) is 16.7. The molecule has 0 spiro atoms. The van der Waals surface area contributed by atoms with Crippen LogP contribution in [0.3, 0.4) is 0 Å². The standard InChI is InChI=1S/C17H20N2O4S/c20-16(18-9-14-5-6-15(24-14)17(21)22)12-3-1-7-19(10-12)11-13-4-2-8-23-13/h2,4-6,8,12H,1,3,7,9-11H2,(H,18,20)(H,21,22)/t12-/m1/s1. The van der Waals surface area contributed by atoms with E-state index in [4.69, 9.17) is 9.52 Å². The van der Waals surface area contributed by atoms with Crippen molar-refractivity contribution in [3.05, 3.63) is 46.0 Å². The van der Waals surface area contributed by atoms with Gasteiger partial charge in [-0.1, -0.05) is 0 Å². The molecule has 1 fully saturated rings. The van der Waals surface area contributed by atoms with Crippen molar-refractivity contribution in [1.82, 2.24) is 10.2 Å². The number of carboxylic acids is 1. The molecular formula is C17H20N2O4S. The van der Waals surface area contributed by atoms with Crippen molar-refractivity contribution in [3.63, 3.8) is 0 Å². The maximum atomic E-state index is 12.4. The molecule has 0 unspecified atom stereocenters. The minimum Gasteiger partial charge on any atom is -0.477 e. The predicted molar refractivity (Wildman–Crippen MR) is 89.8 cm³/mol. The molecule has 0 bridgehead atoms. The van der Waals surface area contributed by atoms with Gasteiger partial charge in [-0.05, 0) is 43.7 Å². The summed E-state index contributed by atoms with van der Waals surface area (Å²) in [4.78, 5) is 26.6. The Bertz CT molecular complexity index is 695. The average Bonchev–Trinajstić information content (AvgIpc) is 3.24. The zero-order valence-corrected chi connectivity index (χ0v) is 14.1. The first-order valence-electron chi connectivity index (χ1n) is 7.96. The van der Waals surface area contributed by atoms with Crippen molar-refractivity contribution in [2.75, 3.05) is 13.1 Å². The number of carbonyl (C=O) groups is 2. The predicted octanol–water partition coefficient (Wildman–Crippen LogP) is 2.57. The van der Waals surface area contributed by atoms with Gasteiger partial charge in [-0.25, -0.2) is 4.79 Å². The summed E-state index contributed by atoms with van der Waals surface area (Å²) in [6, 6.07) is 7.13. The van der Waals surface area contributed by atoms with E-state index in [1.54, 1.807) is 18.4 Å². The number of hydrogen-bond acceptors (Lipinski definition) is 5. The van der Waals surface area contributed by atoms with Crippen LogP contribution in [0.15, 0.2) is 34.9 Å². The lowest BCUT2D eigenvalue weighted by atomic mass is 9.97. The third kappa shape index (κ3) is 4.24. The van der Waals surface area contributed by atoms with Crippen molar-refractivity contribution in [2.45, 2.75) is 25.9 Å². The molecule has 128 valence electrons. The van der Waals surface area contributed by atoms with Crippen LogP contribution in [0.2, 0.25) is 0 Å². The van der Waals surface area contributed by atoms with Crippen LogP contribution in [0, 0.1) is 5.92 Å². The lowest BCUT2D eigenvalue weighted by Crippen LogP contribution is -2.42. The second kappa shape index (κ2) is 7.63. The Morgan fingerprint density at radius 2 is 2.25 bits per heavy atom. The Balaban J connectivity index is 1.49. The number of likely N-dealkylation sites (tertiary alicyclic amines) is 1. The third-order valence-electron chi connectivity index (χ3n) is 4.15. The van der Waals surface area contributed by atoms with Crippen LogP contribution < -0.4 is 5.32 Å². The van der Waals surface area contributed by atoms with Crippen LogP contribution in [-0.2, 0) is 17.9 Å². The fraction of sp³-hybridized carbons (Fsp3) is 0.412. The zero-order valence-electron chi connectivity index (χ0n) is 13.2. The van der Waals surface area contributed by atoms with Crippen molar-refractivity contribution < 1.29 is 19.1 Å². The summed E-state index contributed by atoms with van der Waals surface area (Å²) >= 11 is 1.20. The smallest absolute Gasteiger partial charge is 0.345 e. The molecule has 3 heterocycles. The maximum absolute atomic E-state index is 12.4. The molecule has 0 saturated carbocycles. The molecule has 2 N–H and O–H groups in total. The second-order valence-corrected chi connectivity index (χ2v) is 7.11. The van der Waals surface area contributed by atoms with Gasteiger partial charge in [0.2, 0.25) is 5.91 Å². The Morgan fingerprint density at radius 1 is 1.38 bits per heavy atom. The highest BCUT2D eigenvalue weighted by Crippen LogP contribution is 2.20. The summed E-state index contributed by atoms with van der Waals surface area (Å²) in [6.45, 7) is 2.80. The van der Waals surface area contributed by atoms with Crippen molar-refractivity contribution >= 4 is 23.2 Å². The van der Waals surface area contributed by atoms with Gasteiger partial charge in [0.25, 0.3) is 0 Å². The fourth-order valence-electron chi connectivity index (χ4n) is 2.94. The molecule has 1 aliphatic rings. The fourth-order valence-corrected chi connectivity index (χ4v) is 3.73. The van der Waals surface area contributed by atoms with E-state index in [-0.39, 0.29) is 11.8 Å². The van der Waals surface area contributed by atoms with Crippen LogP contribution in [-0.4, -0.2) is 35.0 Å². The van der Waals surface area contributed by atoms with E-state index in [1.807, 2.05) is 12.1 Å². The molecule has 2 aromatic rings. The van der Waals surface area contributed by atoms with Gasteiger partial charge in [0, 0.05) is 11.4 Å². The molecule has 0 aromatic carbocycles. The van der Waals surface area contributed by atoms with Crippen molar-refractivity contribution in [3.8, 4) is 0 Å². The zero-order chi connectivity index (χ0) is 16.9. The molecule has 1 aliphatic heterocycles.